The van der Waals surface area contributed by atoms with Gasteiger partial charge in [0.1, 0.15) is 5.75 Å². The number of hydrogen-bond donors (Lipinski definition) is 1. The number of fused-ring (bicyclic) bond motifs is 1. The molecule has 24 heavy (non-hydrogen) atoms. The zero-order valence-corrected chi connectivity index (χ0v) is 16.1. The third-order valence-electron chi connectivity index (χ3n) is 4.56. The fourth-order valence-corrected chi connectivity index (χ4v) is 4.09. The summed E-state index contributed by atoms with van der Waals surface area (Å²) >= 11 is 1.84. The Kier molecular flexibility index (Phi) is 8.10. The van der Waals surface area contributed by atoms with E-state index in [1.165, 1.54) is 41.7 Å². The van der Waals surface area contributed by atoms with Crippen molar-refractivity contribution in [2.75, 3.05) is 19.7 Å². The van der Waals surface area contributed by atoms with Crippen LogP contribution in [0.25, 0.3) is 0 Å². The Morgan fingerprint density at radius 3 is 2.75 bits per heavy atom. The summed E-state index contributed by atoms with van der Waals surface area (Å²) in [6, 6.07) is 11.0. The van der Waals surface area contributed by atoms with Crippen LogP contribution < -0.4 is 10.1 Å². The number of halogens is 1. The van der Waals surface area contributed by atoms with Gasteiger partial charge in [-0.1, -0.05) is 19.1 Å². The van der Waals surface area contributed by atoms with Gasteiger partial charge >= 0.3 is 0 Å². The first-order valence-corrected chi connectivity index (χ1v) is 9.71. The van der Waals surface area contributed by atoms with E-state index in [2.05, 4.69) is 48.0 Å². The fraction of sp³-hybridized carbons (Fsp3) is 0.500. The SMILES string of the molecule is CCNCC(COc1ccc2c(c1)CCCC2)Cc1cccs1.Cl. The van der Waals surface area contributed by atoms with Gasteiger partial charge in [-0.15, -0.1) is 23.7 Å². The van der Waals surface area contributed by atoms with Gasteiger partial charge in [0.15, 0.2) is 0 Å². The number of nitrogens with one attached hydrogen (secondary N) is 1. The van der Waals surface area contributed by atoms with Gasteiger partial charge < -0.3 is 10.1 Å². The van der Waals surface area contributed by atoms with Crippen molar-refractivity contribution in [2.24, 2.45) is 5.92 Å². The number of hydrogen-bond acceptors (Lipinski definition) is 3. The highest BCUT2D eigenvalue weighted by Gasteiger charge is 2.13. The monoisotopic (exact) mass is 365 g/mol. The van der Waals surface area contributed by atoms with Gasteiger partial charge in [0, 0.05) is 17.3 Å². The molecule has 2 aromatic rings. The van der Waals surface area contributed by atoms with Crippen molar-refractivity contribution in [3.05, 3.63) is 51.7 Å². The van der Waals surface area contributed by atoms with Gasteiger partial charge in [-0.25, -0.2) is 0 Å². The predicted octanol–water partition coefficient (Wildman–Crippen LogP) is 4.90. The summed E-state index contributed by atoms with van der Waals surface area (Å²) in [4.78, 5) is 1.45. The van der Waals surface area contributed by atoms with Crippen LogP contribution in [0.2, 0.25) is 0 Å². The summed E-state index contributed by atoms with van der Waals surface area (Å²) in [5, 5.41) is 5.63. The molecule has 0 saturated heterocycles. The third kappa shape index (κ3) is 5.51. The van der Waals surface area contributed by atoms with Crippen molar-refractivity contribution >= 4 is 23.7 Å². The van der Waals surface area contributed by atoms with Crippen LogP contribution in [0.15, 0.2) is 35.7 Å². The van der Waals surface area contributed by atoms with E-state index in [4.69, 9.17) is 4.74 Å². The van der Waals surface area contributed by atoms with Crippen LogP contribution in [0.4, 0.5) is 0 Å². The van der Waals surface area contributed by atoms with E-state index in [-0.39, 0.29) is 12.4 Å². The van der Waals surface area contributed by atoms with E-state index in [1.807, 2.05) is 11.3 Å². The zero-order valence-electron chi connectivity index (χ0n) is 14.4. The first-order chi connectivity index (χ1) is 11.3. The summed E-state index contributed by atoms with van der Waals surface area (Å²) in [6.07, 6.45) is 6.19. The van der Waals surface area contributed by atoms with Gasteiger partial charge in [0.25, 0.3) is 0 Å². The van der Waals surface area contributed by atoms with Crippen LogP contribution in [0, 0.1) is 5.92 Å². The smallest absolute Gasteiger partial charge is 0.119 e. The maximum Gasteiger partial charge on any atom is 0.119 e. The third-order valence-corrected chi connectivity index (χ3v) is 5.46. The lowest BCUT2D eigenvalue weighted by atomic mass is 9.92. The molecular formula is C20H28ClNOS. The Balaban J connectivity index is 0.00000208. The van der Waals surface area contributed by atoms with Crippen molar-refractivity contribution in [3.8, 4) is 5.75 Å². The van der Waals surface area contributed by atoms with Crippen molar-refractivity contribution in [3.63, 3.8) is 0 Å². The topological polar surface area (TPSA) is 21.3 Å². The summed E-state index contributed by atoms with van der Waals surface area (Å²) in [5.74, 6) is 1.56. The number of ether oxygens (including phenoxy) is 1. The lowest BCUT2D eigenvalue weighted by molar-refractivity contribution is 0.244. The molecule has 4 heteroatoms. The fourth-order valence-electron chi connectivity index (χ4n) is 3.27. The number of aryl methyl sites for hydroxylation is 2. The molecule has 0 fully saturated rings. The average Bonchev–Trinajstić information content (AvgIpc) is 3.10. The van der Waals surface area contributed by atoms with Crippen molar-refractivity contribution in [1.82, 2.24) is 5.32 Å². The Morgan fingerprint density at radius 2 is 2.00 bits per heavy atom. The Labute approximate surface area is 156 Å². The van der Waals surface area contributed by atoms with E-state index < -0.39 is 0 Å². The lowest BCUT2D eigenvalue weighted by Gasteiger charge is -2.20. The van der Waals surface area contributed by atoms with Gasteiger partial charge in [-0.3, -0.25) is 0 Å². The molecular weight excluding hydrogens is 338 g/mol. The second-order valence-corrected chi connectivity index (χ2v) is 7.44. The molecule has 1 N–H and O–H groups in total. The quantitative estimate of drug-likeness (QED) is 0.718. The minimum Gasteiger partial charge on any atom is -0.493 e. The van der Waals surface area contributed by atoms with E-state index in [0.29, 0.717) is 5.92 Å². The van der Waals surface area contributed by atoms with Crippen LogP contribution in [-0.2, 0) is 19.3 Å². The summed E-state index contributed by atoms with van der Waals surface area (Å²) in [6.45, 7) is 4.97. The Hall–Kier alpha value is -1.03. The standard InChI is InChI=1S/C20H27NOS.ClH/c1-2-21-14-16(12-20-8-5-11-23-20)15-22-19-10-9-17-6-3-4-7-18(17)13-19;/h5,8-11,13,16,21H,2-4,6-7,12,14-15H2,1H3;1H. The number of benzene rings is 1. The van der Waals surface area contributed by atoms with Crippen molar-refractivity contribution < 1.29 is 4.74 Å². The van der Waals surface area contributed by atoms with Gasteiger partial charge in [0.05, 0.1) is 6.61 Å². The first kappa shape index (κ1) is 19.3. The second kappa shape index (κ2) is 10.1. The molecule has 0 bridgehead atoms. The summed E-state index contributed by atoms with van der Waals surface area (Å²) in [7, 11) is 0. The molecule has 1 aromatic heterocycles. The number of rotatable bonds is 8. The first-order valence-electron chi connectivity index (χ1n) is 8.83. The summed E-state index contributed by atoms with van der Waals surface area (Å²) in [5.41, 5.74) is 3.02. The maximum absolute atomic E-state index is 6.14. The predicted molar refractivity (Wildman–Crippen MR) is 106 cm³/mol. The highest BCUT2D eigenvalue weighted by molar-refractivity contribution is 7.09. The van der Waals surface area contributed by atoms with E-state index in [9.17, 15) is 0 Å². The van der Waals surface area contributed by atoms with Crippen LogP contribution in [-0.4, -0.2) is 19.7 Å². The minimum absolute atomic E-state index is 0. The molecule has 1 aromatic carbocycles. The molecule has 132 valence electrons. The highest BCUT2D eigenvalue weighted by atomic mass is 35.5. The Bertz CT molecular complexity index is 600. The maximum atomic E-state index is 6.14. The van der Waals surface area contributed by atoms with Gasteiger partial charge in [-0.05, 0) is 73.4 Å². The normalized spacial score (nSPS) is 14.5. The van der Waals surface area contributed by atoms with Crippen LogP contribution in [0.3, 0.4) is 0 Å². The molecule has 0 radical (unpaired) electrons. The van der Waals surface area contributed by atoms with Crippen LogP contribution in [0.5, 0.6) is 5.75 Å². The summed E-state index contributed by atoms with van der Waals surface area (Å²) < 4.78 is 6.14. The molecule has 1 atom stereocenters. The molecule has 1 aliphatic carbocycles. The van der Waals surface area contributed by atoms with Gasteiger partial charge in [-0.2, -0.15) is 0 Å². The van der Waals surface area contributed by atoms with Crippen LogP contribution in [0.1, 0.15) is 35.8 Å². The van der Waals surface area contributed by atoms with Crippen molar-refractivity contribution in [2.45, 2.75) is 39.0 Å². The average molecular weight is 366 g/mol. The highest BCUT2D eigenvalue weighted by Crippen LogP contribution is 2.26. The Morgan fingerprint density at radius 1 is 1.17 bits per heavy atom. The second-order valence-electron chi connectivity index (χ2n) is 6.41. The molecule has 0 amide bonds. The molecule has 1 unspecified atom stereocenters. The molecule has 3 rings (SSSR count). The minimum atomic E-state index is 0. The van der Waals surface area contributed by atoms with E-state index in [1.54, 1.807) is 0 Å². The molecule has 1 heterocycles. The lowest BCUT2D eigenvalue weighted by Crippen LogP contribution is -2.28. The molecule has 2 nitrogen and oxygen atoms in total. The number of thiophene rings is 1. The molecule has 1 aliphatic rings. The van der Waals surface area contributed by atoms with Crippen molar-refractivity contribution in [1.29, 1.82) is 0 Å². The van der Waals surface area contributed by atoms with E-state index >= 15 is 0 Å². The molecule has 0 saturated carbocycles. The molecule has 0 spiro atoms. The van der Waals surface area contributed by atoms with E-state index in [0.717, 1.165) is 31.9 Å². The molecule has 0 aliphatic heterocycles. The largest absolute Gasteiger partial charge is 0.493 e. The van der Waals surface area contributed by atoms with Gasteiger partial charge in [0.2, 0.25) is 0 Å². The van der Waals surface area contributed by atoms with Crippen LogP contribution >= 0.6 is 23.7 Å². The zero-order chi connectivity index (χ0) is 15.9.